The summed E-state index contributed by atoms with van der Waals surface area (Å²) < 4.78 is 14.7. The molecular formula is C33H22O2P+. The van der Waals surface area contributed by atoms with Crippen LogP contribution in [0.5, 0.6) is 0 Å². The van der Waals surface area contributed by atoms with Crippen molar-refractivity contribution in [2.45, 2.75) is 0 Å². The van der Waals surface area contributed by atoms with Crippen LogP contribution in [0.1, 0.15) is 10.4 Å². The van der Waals surface area contributed by atoms with Crippen molar-refractivity contribution in [1.82, 2.24) is 0 Å². The Balaban J connectivity index is 1.74. The molecule has 170 valence electrons. The van der Waals surface area contributed by atoms with Crippen LogP contribution in [0.2, 0.25) is 0 Å². The Morgan fingerprint density at radius 1 is 0.556 bits per heavy atom. The summed E-state index contributed by atoms with van der Waals surface area (Å²) in [5, 5.41) is 5.04. The second-order valence-corrected chi connectivity index (χ2v) is 10.3. The lowest BCUT2D eigenvalue weighted by molar-refractivity contribution is 0.112. The van der Waals surface area contributed by atoms with Crippen molar-refractivity contribution >= 4 is 46.2 Å². The SMILES string of the molecule is O=Cc1c([P+](=O)c2c(-c3ccccc3)c(-c3ccccc3)cc3ccccc23)ccc2ccccc12. The minimum absolute atomic E-state index is 0.488. The molecule has 0 saturated carbocycles. The van der Waals surface area contributed by atoms with E-state index >= 15 is 0 Å². The highest BCUT2D eigenvalue weighted by Gasteiger charge is 2.35. The molecule has 1 unspecified atom stereocenters. The minimum atomic E-state index is -2.10. The van der Waals surface area contributed by atoms with Crippen LogP contribution in [0.3, 0.4) is 0 Å². The second-order valence-electron chi connectivity index (χ2n) is 8.73. The van der Waals surface area contributed by atoms with Crippen LogP contribution in [-0.2, 0) is 4.57 Å². The second kappa shape index (κ2) is 9.34. The fourth-order valence-electron chi connectivity index (χ4n) is 4.99. The van der Waals surface area contributed by atoms with Crippen molar-refractivity contribution < 1.29 is 9.36 Å². The summed E-state index contributed by atoms with van der Waals surface area (Å²) in [5.74, 6) is 0. The fraction of sp³-hybridized carbons (Fsp3) is 0. The summed E-state index contributed by atoms with van der Waals surface area (Å²) in [7, 11) is -2.10. The molecule has 0 aliphatic heterocycles. The lowest BCUT2D eigenvalue weighted by Crippen LogP contribution is -2.16. The molecule has 0 fully saturated rings. The molecule has 0 spiro atoms. The Bertz CT molecular complexity index is 1760. The average molecular weight is 482 g/mol. The molecule has 0 N–H and O–H groups in total. The van der Waals surface area contributed by atoms with E-state index < -0.39 is 7.80 Å². The first-order valence-electron chi connectivity index (χ1n) is 11.9. The third-order valence-electron chi connectivity index (χ3n) is 6.66. The van der Waals surface area contributed by atoms with Gasteiger partial charge >= 0.3 is 7.80 Å². The van der Waals surface area contributed by atoms with E-state index in [1.165, 1.54) is 0 Å². The third-order valence-corrected chi connectivity index (χ3v) is 8.35. The van der Waals surface area contributed by atoms with E-state index in [1.54, 1.807) is 0 Å². The topological polar surface area (TPSA) is 34.1 Å². The Kier molecular flexibility index (Phi) is 5.73. The number of rotatable bonds is 5. The third kappa shape index (κ3) is 3.73. The number of carbonyl (C=O) groups is 1. The number of hydrogen-bond acceptors (Lipinski definition) is 2. The molecule has 0 saturated heterocycles. The van der Waals surface area contributed by atoms with Gasteiger partial charge in [-0.15, -0.1) is 0 Å². The van der Waals surface area contributed by atoms with Crippen molar-refractivity contribution in [1.29, 1.82) is 0 Å². The van der Waals surface area contributed by atoms with E-state index in [0.29, 0.717) is 10.9 Å². The largest absolute Gasteiger partial charge is 0.417 e. The molecular weight excluding hydrogens is 459 g/mol. The van der Waals surface area contributed by atoms with Crippen LogP contribution in [0.15, 0.2) is 127 Å². The Morgan fingerprint density at radius 3 is 1.83 bits per heavy atom. The van der Waals surface area contributed by atoms with Crippen LogP contribution >= 0.6 is 7.80 Å². The zero-order chi connectivity index (χ0) is 24.5. The standard InChI is InChI=1S/C33H22O2P/c34-22-30-27-17-9-7-13-24(27)19-20-31(30)36(35)33-28-18-10-8-16-26(28)21-29(23-11-3-1-4-12-23)32(33)25-14-5-2-6-15-25/h1-22H/q+1. The van der Waals surface area contributed by atoms with Gasteiger partial charge in [0.2, 0.25) is 10.6 Å². The highest BCUT2D eigenvalue weighted by Crippen LogP contribution is 2.40. The van der Waals surface area contributed by atoms with Gasteiger partial charge in [0.25, 0.3) is 0 Å². The lowest BCUT2D eigenvalue weighted by Gasteiger charge is -2.14. The van der Waals surface area contributed by atoms with Gasteiger partial charge in [-0.1, -0.05) is 108 Å². The molecule has 0 bridgehead atoms. The molecule has 6 rings (SSSR count). The normalized spacial score (nSPS) is 11.5. The van der Waals surface area contributed by atoms with Gasteiger partial charge in [0, 0.05) is 10.9 Å². The smallest absolute Gasteiger partial charge is 0.298 e. The summed E-state index contributed by atoms with van der Waals surface area (Å²) in [4.78, 5) is 12.4. The van der Waals surface area contributed by atoms with Crippen molar-refractivity contribution in [2.75, 3.05) is 0 Å². The summed E-state index contributed by atoms with van der Waals surface area (Å²) >= 11 is 0. The first kappa shape index (κ1) is 22.1. The average Bonchev–Trinajstić information content (AvgIpc) is 2.96. The van der Waals surface area contributed by atoms with Gasteiger partial charge in [-0.05, 0) is 57.1 Å². The van der Waals surface area contributed by atoms with Crippen LogP contribution in [-0.4, -0.2) is 6.29 Å². The molecule has 3 heteroatoms. The van der Waals surface area contributed by atoms with E-state index in [4.69, 9.17) is 0 Å². The van der Waals surface area contributed by atoms with E-state index in [2.05, 4.69) is 36.4 Å². The molecule has 0 aliphatic carbocycles. The Hall–Kier alpha value is -4.39. The monoisotopic (exact) mass is 481 g/mol. The van der Waals surface area contributed by atoms with E-state index in [0.717, 1.165) is 55.4 Å². The molecule has 36 heavy (non-hydrogen) atoms. The van der Waals surface area contributed by atoms with E-state index in [9.17, 15) is 9.36 Å². The molecule has 6 aromatic rings. The molecule has 0 heterocycles. The molecule has 2 nitrogen and oxygen atoms in total. The first-order valence-corrected chi connectivity index (χ1v) is 13.1. The van der Waals surface area contributed by atoms with Crippen LogP contribution in [0.25, 0.3) is 43.8 Å². The van der Waals surface area contributed by atoms with Gasteiger partial charge in [0.1, 0.15) is 0 Å². The molecule has 0 aromatic heterocycles. The predicted octanol–water partition coefficient (Wildman–Crippen LogP) is 7.92. The zero-order valence-electron chi connectivity index (χ0n) is 19.5. The number of hydrogen-bond donors (Lipinski definition) is 0. The highest BCUT2D eigenvalue weighted by atomic mass is 31.1. The number of aldehydes is 1. The van der Waals surface area contributed by atoms with E-state index in [1.807, 2.05) is 91.0 Å². The molecule has 0 radical (unpaired) electrons. The zero-order valence-corrected chi connectivity index (χ0v) is 20.4. The molecule has 1 atom stereocenters. The maximum Gasteiger partial charge on any atom is 0.417 e. The predicted molar refractivity (Wildman–Crippen MR) is 151 cm³/mol. The van der Waals surface area contributed by atoms with Gasteiger partial charge in [0.05, 0.1) is 5.56 Å². The summed E-state index contributed by atoms with van der Waals surface area (Å²) in [6.45, 7) is 0. The van der Waals surface area contributed by atoms with Crippen molar-refractivity contribution in [3.8, 4) is 22.3 Å². The van der Waals surface area contributed by atoms with Crippen molar-refractivity contribution in [3.05, 3.63) is 133 Å². The number of carbonyl (C=O) groups excluding carboxylic acids is 1. The number of benzene rings is 6. The molecule has 0 aliphatic rings. The van der Waals surface area contributed by atoms with Crippen LogP contribution in [0, 0.1) is 0 Å². The Labute approximate surface area is 210 Å². The van der Waals surface area contributed by atoms with Gasteiger partial charge in [-0.2, -0.15) is 0 Å². The fourth-order valence-corrected chi connectivity index (χ4v) is 6.71. The summed E-state index contributed by atoms with van der Waals surface area (Å²) in [5.41, 5.74) is 4.50. The summed E-state index contributed by atoms with van der Waals surface area (Å²) in [6, 6.07) is 42.1. The minimum Gasteiger partial charge on any atom is -0.298 e. The number of fused-ring (bicyclic) bond motifs is 2. The van der Waals surface area contributed by atoms with Crippen LogP contribution in [0.4, 0.5) is 0 Å². The maximum atomic E-state index is 14.7. The quantitative estimate of drug-likeness (QED) is 0.185. The van der Waals surface area contributed by atoms with E-state index in [-0.39, 0.29) is 0 Å². The highest BCUT2D eigenvalue weighted by molar-refractivity contribution is 7.62. The molecule has 0 amide bonds. The molecule has 6 aromatic carbocycles. The van der Waals surface area contributed by atoms with Gasteiger partial charge in [0.15, 0.2) is 6.29 Å². The van der Waals surface area contributed by atoms with Crippen molar-refractivity contribution in [2.24, 2.45) is 0 Å². The van der Waals surface area contributed by atoms with Gasteiger partial charge in [-0.25, -0.2) is 0 Å². The first-order chi connectivity index (χ1) is 17.8. The maximum absolute atomic E-state index is 14.7. The Morgan fingerprint density at radius 2 is 1.14 bits per heavy atom. The van der Waals surface area contributed by atoms with Gasteiger partial charge in [-0.3, -0.25) is 4.79 Å². The van der Waals surface area contributed by atoms with Crippen LogP contribution < -0.4 is 10.6 Å². The van der Waals surface area contributed by atoms with Crippen molar-refractivity contribution in [3.63, 3.8) is 0 Å². The lowest BCUT2D eigenvalue weighted by atomic mass is 9.91. The summed E-state index contributed by atoms with van der Waals surface area (Å²) in [6.07, 6.45) is 0.844. The van der Waals surface area contributed by atoms with Gasteiger partial charge < -0.3 is 0 Å².